The number of hydrogen-bond acceptors (Lipinski definition) is 7. The molecule has 226 valence electrons. The van der Waals surface area contributed by atoms with Gasteiger partial charge in [-0.15, -0.1) is 0 Å². The van der Waals surface area contributed by atoms with Gasteiger partial charge >= 0.3 is 0 Å². The lowest BCUT2D eigenvalue weighted by Crippen LogP contribution is -2.56. The summed E-state index contributed by atoms with van der Waals surface area (Å²) in [4.78, 5) is 47.1. The lowest BCUT2D eigenvalue weighted by Gasteiger charge is -2.30. The summed E-state index contributed by atoms with van der Waals surface area (Å²) in [7, 11) is 1.57. The molecule has 2 aromatic heterocycles. The van der Waals surface area contributed by atoms with Gasteiger partial charge in [0.15, 0.2) is 0 Å². The Hall–Kier alpha value is -4.43. The van der Waals surface area contributed by atoms with E-state index in [4.69, 9.17) is 4.74 Å². The van der Waals surface area contributed by atoms with Crippen molar-refractivity contribution < 1.29 is 19.1 Å². The van der Waals surface area contributed by atoms with Crippen LogP contribution in [0.15, 0.2) is 42.7 Å². The molecule has 1 saturated heterocycles. The molecule has 0 radical (unpaired) electrons. The van der Waals surface area contributed by atoms with E-state index in [1.807, 2.05) is 44.3 Å². The Bertz CT molecular complexity index is 1530. The Morgan fingerprint density at radius 3 is 2.77 bits per heavy atom. The number of H-pyrrole nitrogens is 1. The molecule has 2 aliphatic rings. The van der Waals surface area contributed by atoms with Crippen LogP contribution in [0.25, 0.3) is 10.9 Å². The zero-order chi connectivity index (χ0) is 30.5. The number of amides is 3. The van der Waals surface area contributed by atoms with Gasteiger partial charge in [0.2, 0.25) is 11.8 Å². The van der Waals surface area contributed by atoms with Crippen molar-refractivity contribution in [3.05, 3.63) is 59.5 Å². The first kappa shape index (κ1) is 30.0. The number of nitriles is 1. The van der Waals surface area contributed by atoms with Gasteiger partial charge in [0.05, 0.1) is 19.2 Å². The fourth-order valence-corrected chi connectivity index (χ4v) is 6.17. The largest absolute Gasteiger partial charge is 0.496 e. The quantitative estimate of drug-likeness (QED) is 0.218. The smallest absolute Gasteiger partial charge is 0.268 e. The molecule has 5 rings (SSSR count). The highest BCUT2D eigenvalue weighted by molar-refractivity contribution is 6.01. The fraction of sp³-hybridized carbons (Fsp3) is 0.469. The van der Waals surface area contributed by atoms with Gasteiger partial charge in [-0.05, 0) is 73.4 Å². The minimum absolute atomic E-state index is 0.0763. The van der Waals surface area contributed by atoms with E-state index >= 15 is 0 Å². The van der Waals surface area contributed by atoms with Crippen LogP contribution in [0.4, 0.5) is 0 Å². The number of pyridine rings is 1. The van der Waals surface area contributed by atoms with Crippen molar-refractivity contribution in [3.63, 3.8) is 0 Å². The van der Waals surface area contributed by atoms with E-state index in [-0.39, 0.29) is 23.8 Å². The number of methoxy groups -OCH3 is 1. The number of carbonyl (C=O) groups is 3. The van der Waals surface area contributed by atoms with Crippen LogP contribution in [-0.4, -0.2) is 59.5 Å². The van der Waals surface area contributed by atoms with E-state index in [0.717, 1.165) is 29.3 Å². The molecule has 3 heterocycles. The summed E-state index contributed by atoms with van der Waals surface area (Å²) in [5, 5.41) is 23.3. The highest BCUT2D eigenvalue weighted by atomic mass is 16.5. The van der Waals surface area contributed by atoms with Gasteiger partial charge < -0.3 is 25.7 Å². The van der Waals surface area contributed by atoms with E-state index in [9.17, 15) is 19.6 Å². The zero-order valence-corrected chi connectivity index (χ0v) is 24.8. The van der Waals surface area contributed by atoms with Crippen molar-refractivity contribution in [1.82, 2.24) is 31.2 Å². The van der Waals surface area contributed by atoms with Gasteiger partial charge in [0, 0.05) is 41.8 Å². The van der Waals surface area contributed by atoms with Crippen LogP contribution in [-0.2, 0) is 16.0 Å². The molecule has 0 bridgehead atoms. The first-order valence-corrected chi connectivity index (χ1v) is 14.9. The molecule has 1 fully saturated rings. The maximum absolute atomic E-state index is 13.8. The van der Waals surface area contributed by atoms with E-state index in [0.29, 0.717) is 37.3 Å². The number of benzene rings is 1. The molecule has 5 N–H and O–H groups in total. The normalized spacial score (nSPS) is 19.7. The summed E-state index contributed by atoms with van der Waals surface area (Å²) in [6, 6.07) is 9.19. The van der Waals surface area contributed by atoms with Gasteiger partial charge in [0.1, 0.15) is 23.5 Å². The average molecular weight is 586 g/mol. The molecule has 3 amide bonds. The Morgan fingerprint density at radius 2 is 2.05 bits per heavy atom. The molecule has 11 nitrogen and oxygen atoms in total. The number of carbonyl (C=O) groups excluding carboxylic acids is 3. The number of aromatic nitrogens is 2. The minimum atomic E-state index is -0.850. The van der Waals surface area contributed by atoms with E-state index in [1.54, 1.807) is 19.4 Å². The summed E-state index contributed by atoms with van der Waals surface area (Å²) in [5.74, 6) is -0.470. The van der Waals surface area contributed by atoms with E-state index in [2.05, 4.69) is 37.3 Å². The summed E-state index contributed by atoms with van der Waals surface area (Å²) in [6.45, 7) is 4.52. The maximum Gasteiger partial charge on any atom is 0.268 e. The lowest BCUT2D eigenvalue weighted by atomic mass is 9.92. The van der Waals surface area contributed by atoms with E-state index < -0.39 is 29.9 Å². The predicted octanol–water partition coefficient (Wildman–Crippen LogP) is 2.90. The van der Waals surface area contributed by atoms with Gasteiger partial charge in [0.25, 0.3) is 5.91 Å². The number of fused-ring (bicyclic) bond motifs is 2. The first-order chi connectivity index (χ1) is 20.8. The van der Waals surface area contributed by atoms with E-state index in [1.165, 1.54) is 5.56 Å². The number of rotatable bonds is 12. The second kappa shape index (κ2) is 13.3. The second-order valence-corrected chi connectivity index (χ2v) is 11.8. The minimum Gasteiger partial charge on any atom is -0.496 e. The number of aromatic amines is 1. The van der Waals surface area contributed by atoms with Crippen LogP contribution in [0.2, 0.25) is 0 Å². The fourth-order valence-electron chi connectivity index (χ4n) is 6.17. The first-order valence-electron chi connectivity index (χ1n) is 14.9. The molecule has 11 heteroatoms. The van der Waals surface area contributed by atoms with Crippen LogP contribution >= 0.6 is 0 Å². The van der Waals surface area contributed by atoms with Crippen LogP contribution < -0.4 is 26.0 Å². The highest BCUT2D eigenvalue weighted by Gasteiger charge is 2.36. The number of hydrogen-bond donors (Lipinski definition) is 5. The Morgan fingerprint density at radius 1 is 1.21 bits per heavy atom. The molecular formula is C32H39N7O4. The predicted molar refractivity (Wildman–Crippen MR) is 161 cm³/mol. The Kier molecular flexibility index (Phi) is 9.26. The lowest BCUT2D eigenvalue weighted by molar-refractivity contribution is -0.126. The topological polar surface area (TPSA) is 161 Å². The third-order valence-corrected chi connectivity index (χ3v) is 8.39. The number of aryl methyl sites for hydroxylation is 1. The molecule has 43 heavy (non-hydrogen) atoms. The number of ether oxygens (including phenoxy) is 1. The molecule has 1 aliphatic heterocycles. The maximum atomic E-state index is 13.8. The summed E-state index contributed by atoms with van der Waals surface area (Å²) in [5.41, 5.74) is 3.29. The highest BCUT2D eigenvalue weighted by Crippen LogP contribution is 2.31. The molecule has 1 aliphatic carbocycles. The SMILES string of the molecule is COc1cccc2[nH]c(C(=O)N[C@@H](CC(C)C)C(=O)NC(C[C@@H]3CCNC3=O)C(C#N)NC3CCc4ccncc43)cc12. The molecular weight excluding hydrogens is 546 g/mol. The second-order valence-electron chi connectivity index (χ2n) is 11.8. The molecule has 0 spiro atoms. The molecule has 3 aromatic rings. The van der Waals surface area contributed by atoms with Gasteiger partial charge in [-0.2, -0.15) is 5.26 Å². The van der Waals surface area contributed by atoms with Crippen LogP contribution in [0.3, 0.4) is 0 Å². The van der Waals surface area contributed by atoms with Crippen LogP contribution in [0.5, 0.6) is 5.75 Å². The Balaban J connectivity index is 1.35. The van der Waals surface area contributed by atoms with Gasteiger partial charge in [-0.25, -0.2) is 0 Å². The van der Waals surface area contributed by atoms with Crippen molar-refractivity contribution in [2.75, 3.05) is 13.7 Å². The molecule has 3 unspecified atom stereocenters. The van der Waals surface area contributed by atoms with Crippen molar-refractivity contribution in [2.45, 2.75) is 70.1 Å². The molecule has 0 saturated carbocycles. The van der Waals surface area contributed by atoms with Crippen molar-refractivity contribution in [1.29, 1.82) is 5.26 Å². The third-order valence-electron chi connectivity index (χ3n) is 8.39. The number of nitrogens with zero attached hydrogens (tertiary/aromatic N) is 2. The molecule has 1 aromatic carbocycles. The number of nitrogens with one attached hydrogen (secondary N) is 5. The van der Waals surface area contributed by atoms with Gasteiger partial charge in [-0.3, -0.25) is 24.7 Å². The average Bonchev–Trinajstić information content (AvgIpc) is 3.73. The van der Waals surface area contributed by atoms with Crippen molar-refractivity contribution in [2.24, 2.45) is 11.8 Å². The van der Waals surface area contributed by atoms with Crippen molar-refractivity contribution in [3.8, 4) is 11.8 Å². The Labute approximate surface area is 251 Å². The summed E-state index contributed by atoms with van der Waals surface area (Å²) < 4.78 is 5.42. The monoisotopic (exact) mass is 585 g/mol. The molecule has 5 atom stereocenters. The zero-order valence-electron chi connectivity index (χ0n) is 24.8. The van der Waals surface area contributed by atoms with Crippen LogP contribution in [0.1, 0.15) is 67.2 Å². The van der Waals surface area contributed by atoms with Crippen LogP contribution in [0, 0.1) is 23.2 Å². The van der Waals surface area contributed by atoms with Gasteiger partial charge in [-0.1, -0.05) is 19.9 Å². The summed E-state index contributed by atoms with van der Waals surface area (Å²) in [6.07, 6.45) is 6.60. The standard InChI is InChI=1S/C32H39N7O4/c1-18(2)13-26(39-32(42)27-15-21-23(36-27)5-4-6-29(21)43-3)31(41)38-25(14-20-10-12-35-30(20)40)28(16-33)37-24-8-7-19-9-11-34-17-22(19)24/h4-6,9,11,15,17-18,20,24-26,28,36-37H,7-8,10,12-14H2,1-3H3,(H,35,40)(H,38,41)(H,39,42)/t20-,24?,25?,26-,28?/m0/s1. The third kappa shape index (κ3) is 6.81. The summed E-state index contributed by atoms with van der Waals surface area (Å²) >= 11 is 0. The van der Waals surface area contributed by atoms with Crippen molar-refractivity contribution >= 4 is 28.6 Å².